The molecule has 1 aromatic heterocycles. The van der Waals surface area contributed by atoms with Crippen molar-refractivity contribution >= 4 is 17.6 Å². The van der Waals surface area contributed by atoms with Gasteiger partial charge >= 0.3 is 5.97 Å². The third-order valence-corrected chi connectivity index (χ3v) is 6.68. The van der Waals surface area contributed by atoms with E-state index in [2.05, 4.69) is 15.0 Å². The van der Waals surface area contributed by atoms with Crippen LogP contribution in [0.15, 0.2) is 12.1 Å². The van der Waals surface area contributed by atoms with Crippen LogP contribution < -0.4 is 15.0 Å². The Kier molecular flexibility index (Phi) is 8.08. The molecule has 1 saturated heterocycles. The standard InChI is InChI=1S/C24H36FN3O6/c1-5-24(6-2,23(30)33-7-3)27-21(29)19-8-9-20(28-11-18(12-28)31-4)22(26-19)34-14-17-10-16(17)13-32-15-25/h8-9,16-18H,5-7,10-15H2,1-4H3,(H,27,29)/t16-,17-/m0/s1/i15D2. The zero-order chi connectivity index (χ0) is 26.5. The number of alkyl halides is 1. The molecule has 2 fully saturated rings. The molecule has 0 radical (unpaired) electrons. The van der Waals surface area contributed by atoms with Crippen LogP contribution in [0.5, 0.6) is 5.88 Å². The molecule has 10 heteroatoms. The van der Waals surface area contributed by atoms with E-state index >= 15 is 0 Å². The Balaban J connectivity index is 1.73. The van der Waals surface area contributed by atoms with Crippen LogP contribution in [0.3, 0.4) is 0 Å². The normalized spacial score (nSPS) is 21.3. The number of nitrogens with zero attached hydrogens (tertiary/aromatic N) is 2. The lowest BCUT2D eigenvalue weighted by atomic mass is 9.92. The quantitative estimate of drug-likeness (QED) is 0.403. The Morgan fingerprint density at radius 1 is 1.24 bits per heavy atom. The van der Waals surface area contributed by atoms with Gasteiger partial charge in [-0.1, -0.05) is 13.8 Å². The van der Waals surface area contributed by atoms with Gasteiger partial charge in [0.25, 0.3) is 5.91 Å². The van der Waals surface area contributed by atoms with Crippen molar-refractivity contribution in [2.45, 2.75) is 51.7 Å². The Hall–Kier alpha value is -2.46. The molecule has 190 valence electrons. The Bertz CT molecular complexity index is 922. The lowest BCUT2D eigenvalue weighted by Gasteiger charge is -2.40. The monoisotopic (exact) mass is 483 g/mol. The summed E-state index contributed by atoms with van der Waals surface area (Å²) in [6, 6.07) is 3.36. The van der Waals surface area contributed by atoms with Gasteiger partial charge in [0, 0.05) is 20.2 Å². The minimum Gasteiger partial charge on any atom is -0.476 e. The first-order valence-corrected chi connectivity index (χ1v) is 11.8. The van der Waals surface area contributed by atoms with Crippen LogP contribution in [0, 0.1) is 11.8 Å². The maximum absolute atomic E-state index is 13.1. The number of hydrogen-bond acceptors (Lipinski definition) is 8. The first-order valence-electron chi connectivity index (χ1n) is 12.8. The fourth-order valence-corrected chi connectivity index (χ4v) is 4.05. The summed E-state index contributed by atoms with van der Waals surface area (Å²) in [4.78, 5) is 32.2. The number of halogens is 1. The number of aromatic nitrogens is 1. The number of carbonyl (C=O) groups is 2. The fourth-order valence-electron chi connectivity index (χ4n) is 4.05. The average Bonchev–Trinajstić information content (AvgIpc) is 3.58. The molecule has 9 nitrogen and oxygen atoms in total. The number of carbonyl (C=O) groups excluding carboxylic acids is 2. The smallest absolute Gasteiger partial charge is 0.331 e. The average molecular weight is 484 g/mol. The van der Waals surface area contributed by atoms with Crippen LogP contribution in [0.2, 0.25) is 0 Å². The van der Waals surface area contributed by atoms with Crippen molar-refractivity contribution in [3.8, 4) is 5.88 Å². The molecular weight excluding hydrogens is 445 g/mol. The largest absolute Gasteiger partial charge is 0.476 e. The molecule has 1 aliphatic heterocycles. The van der Waals surface area contributed by atoms with Crippen molar-refractivity contribution < 1.29 is 35.7 Å². The number of methoxy groups -OCH3 is 1. The van der Waals surface area contributed by atoms with Gasteiger partial charge in [-0.25, -0.2) is 14.2 Å². The summed E-state index contributed by atoms with van der Waals surface area (Å²) in [5.74, 6) is -0.655. The highest BCUT2D eigenvalue weighted by molar-refractivity contribution is 5.97. The Labute approximate surface area is 203 Å². The van der Waals surface area contributed by atoms with Crippen molar-refractivity contribution in [3.05, 3.63) is 17.8 Å². The molecule has 0 spiro atoms. The molecule has 1 aromatic rings. The molecule has 34 heavy (non-hydrogen) atoms. The highest BCUT2D eigenvalue weighted by Crippen LogP contribution is 2.40. The first-order chi connectivity index (χ1) is 17.1. The number of anilines is 1. The van der Waals surface area contributed by atoms with Gasteiger partial charge < -0.3 is 29.2 Å². The topological polar surface area (TPSA) is 99.2 Å². The van der Waals surface area contributed by atoms with Crippen LogP contribution in [0.1, 0.15) is 53.3 Å². The second-order valence-corrected chi connectivity index (χ2v) is 8.70. The molecule has 0 bridgehead atoms. The van der Waals surface area contributed by atoms with E-state index < -0.39 is 24.2 Å². The van der Waals surface area contributed by atoms with E-state index in [1.165, 1.54) is 0 Å². The maximum atomic E-state index is 13.1. The first kappa shape index (κ1) is 23.3. The molecule has 0 unspecified atom stereocenters. The number of amides is 1. The van der Waals surface area contributed by atoms with Gasteiger partial charge in [-0.2, -0.15) is 0 Å². The number of rotatable bonds is 14. The SMILES string of the molecule is [2H]C([2H])(F)OC[C@@H]1C[C@H]1COc1nc(C(=O)NC(CC)(CC)C(=O)OCC)ccc1N1CC(OC)C1. The molecule has 1 saturated carbocycles. The summed E-state index contributed by atoms with van der Waals surface area (Å²) < 4.78 is 47.8. The van der Waals surface area contributed by atoms with E-state index in [4.69, 9.17) is 17.0 Å². The van der Waals surface area contributed by atoms with Crippen LogP contribution in [0.4, 0.5) is 10.1 Å². The van der Waals surface area contributed by atoms with Gasteiger partial charge in [0.1, 0.15) is 16.9 Å². The zero-order valence-electron chi connectivity index (χ0n) is 22.3. The minimum atomic E-state index is -3.16. The van der Waals surface area contributed by atoms with Crippen molar-refractivity contribution in [2.24, 2.45) is 11.8 Å². The summed E-state index contributed by atoms with van der Waals surface area (Å²) in [6.07, 6.45) is 1.55. The van der Waals surface area contributed by atoms with Crippen LogP contribution in [-0.2, 0) is 19.0 Å². The van der Waals surface area contributed by atoms with E-state index in [0.717, 1.165) is 12.1 Å². The van der Waals surface area contributed by atoms with E-state index in [1.807, 2.05) is 18.7 Å². The predicted molar refractivity (Wildman–Crippen MR) is 124 cm³/mol. The van der Waals surface area contributed by atoms with Crippen LogP contribution >= 0.6 is 0 Å². The highest BCUT2D eigenvalue weighted by atomic mass is 19.1. The third kappa shape index (κ3) is 5.96. The number of esters is 1. The predicted octanol–water partition coefficient (Wildman–Crippen LogP) is 2.73. The summed E-state index contributed by atoms with van der Waals surface area (Å²) >= 11 is 0. The van der Waals surface area contributed by atoms with Gasteiger partial charge in [0.2, 0.25) is 5.88 Å². The maximum Gasteiger partial charge on any atom is 0.331 e. The molecule has 1 amide bonds. The minimum absolute atomic E-state index is 0.00746. The van der Waals surface area contributed by atoms with Crippen LogP contribution in [0.25, 0.3) is 0 Å². The van der Waals surface area contributed by atoms with Crippen LogP contribution in [-0.4, -0.2) is 75.3 Å². The number of nitrogens with one attached hydrogen (secondary N) is 1. The molecule has 1 aliphatic carbocycles. The van der Waals surface area contributed by atoms with E-state index in [0.29, 0.717) is 25.9 Å². The molecular formula is C24H36FN3O6. The Morgan fingerprint density at radius 3 is 2.56 bits per heavy atom. The summed E-state index contributed by atoms with van der Waals surface area (Å²) in [5, 5.41) is 2.81. The molecule has 3 rings (SSSR count). The van der Waals surface area contributed by atoms with Gasteiger partial charge in [-0.05, 0) is 50.2 Å². The number of pyridine rings is 1. The van der Waals surface area contributed by atoms with E-state index in [1.54, 1.807) is 26.2 Å². The summed E-state index contributed by atoms with van der Waals surface area (Å²) in [7, 11) is 1.65. The Morgan fingerprint density at radius 2 is 1.94 bits per heavy atom. The lowest BCUT2D eigenvalue weighted by molar-refractivity contribution is -0.151. The van der Waals surface area contributed by atoms with Crippen molar-refractivity contribution in [3.63, 3.8) is 0 Å². The van der Waals surface area contributed by atoms with Crippen molar-refractivity contribution in [1.82, 2.24) is 10.3 Å². The second kappa shape index (κ2) is 11.8. The van der Waals surface area contributed by atoms with Gasteiger partial charge in [-0.3, -0.25) is 4.79 Å². The molecule has 2 heterocycles. The van der Waals surface area contributed by atoms with E-state index in [9.17, 15) is 14.0 Å². The molecule has 2 aliphatic rings. The fraction of sp³-hybridized carbons (Fsp3) is 0.708. The van der Waals surface area contributed by atoms with Gasteiger partial charge in [-0.15, -0.1) is 0 Å². The van der Waals surface area contributed by atoms with E-state index in [-0.39, 0.29) is 49.3 Å². The number of ether oxygens (including phenoxy) is 4. The highest BCUT2D eigenvalue weighted by Gasteiger charge is 2.40. The summed E-state index contributed by atoms with van der Waals surface area (Å²) in [6.45, 7) is 3.94. The third-order valence-electron chi connectivity index (χ3n) is 6.68. The molecule has 2 atom stereocenters. The van der Waals surface area contributed by atoms with Crippen molar-refractivity contribution in [2.75, 3.05) is 51.7 Å². The second-order valence-electron chi connectivity index (χ2n) is 8.70. The molecule has 0 aromatic carbocycles. The molecule has 1 N–H and O–H groups in total. The number of hydrogen-bond donors (Lipinski definition) is 1. The van der Waals surface area contributed by atoms with Crippen molar-refractivity contribution in [1.29, 1.82) is 0 Å². The zero-order valence-corrected chi connectivity index (χ0v) is 20.3. The van der Waals surface area contributed by atoms with Gasteiger partial charge in [0.15, 0.2) is 6.81 Å². The summed E-state index contributed by atoms with van der Waals surface area (Å²) in [5.41, 5.74) is -0.328. The van der Waals surface area contributed by atoms with Gasteiger partial charge in [0.05, 0.1) is 28.7 Å². The lowest BCUT2D eigenvalue weighted by Crippen LogP contribution is -2.54.